The maximum atomic E-state index is 14.3. The van der Waals surface area contributed by atoms with Gasteiger partial charge in [0.05, 0.1) is 21.7 Å². The quantitative estimate of drug-likeness (QED) is 0.0787. The molecule has 3 N–H and O–H groups in total. The fourth-order valence-corrected chi connectivity index (χ4v) is 6.87. The lowest BCUT2D eigenvalue weighted by atomic mass is 9.98. The molecule has 0 aliphatic carbocycles. The number of aromatic nitrogens is 2. The third-order valence-corrected chi connectivity index (χ3v) is 9.73. The summed E-state index contributed by atoms with van der Waals surface area (Å²) in [5, 5.41) is 12.2. The van der Waals surface area contributed by atoms with E-state index < -0.39 is 72.9 Å². The number of hydrogen-bond acceptors (Lipinski definition) is 10. The van der Waals surface area contributed by atoms with E-state index in [1.807, 2.05) is 30.3 Å². The zero-order valence-electron chi connectivity index (χ0n) is 25.8. The zero-order valence-corrected chi connectivity index (χ0v) is 27.4. The highest BCUT2D eigenvalue weighted by Crippen LogP contribution is 2.39. The van der Waals surface area contributed by atoms with Gasteiger partial charge in [0.1, 0.15) is 0 Å². The molecule has 3 aromatic carbocycles. The number of hydrogen-bond donors (Lipinski definition) is 3. The molecule has 0 saturated carbocycles. The molecule has 1 aromatic heterocycles. The maximum Gasteiger partial charge on any atom is 0.436 e. The summed E-state index contributed by atoms with van der Waals surface area (Å²) in [6.07, 6.45) is -10.2. The number of benzene rings is 3. The van der Waals surface area contributed by atoms with E-state index in [0.717, 1.165) is 17.0 Å². The molecule has 0 unspecified atom stereocenters. The molecule has 1 fully saturated rings. The number of carbonyl (C=O) groups is 2. The topological polar surface area (TPSA) is 133 Å². The van der Waals surface area contributed by atoms with E-state index in [1.165, 1.54) is 47.0 Å². The van der Waals surface area contributed by atoms with Crippen molar-refractivity contribution in [3.8, 4) is 0 Å². The monoisotopic (exact) mass is 738 g/mol. The molecule has 4 aromatic rings. The molecular weight excluding hydrogens is 711 g/mol. The van der Waals surface area contributed by atoms with Crippen LogP contribution in [0.3, 0.4) is 0 Å². The van der Waals surface area contributed by atoms with E-state index >= 15 is 0 Å². The molecule has 1 amide bonds. The molecule has 0 radical (unpaired) electrons. The van der Waals surface area contributed by atoms with Crippen molar-refractivity contribution in [2.45, 2.75) is 22.1 Å². The van der Waals surface area contributed by atoms with E-state index in [-0.39, 0.29) is 38.3 Å². The van der Waals surface area contributed by atoms with Gasteiger partial charge < -0.3 is 15.5 Å². The van der Waals surface area contributed by atoms with Crippen LogP contribution in [0.15, 0.2) is 88.7 Å². The first-order chi connectivity index (χ1) is 23.7. The first kappa shape index (κ1) is 36.6. The van der Waals surface area contributed by atoms with Crippen molar-refractivity contribution in [1.82, 2.24) is 20.2 Å². The summed E-state index contributed by atoms with van der Waals surface area (Å²) in [7, 11) is -5.08. The summed E-state index contributed by atoms with van der Waals surface area (Å²) in [6.45, 7) is 0.550. The van der Waals surface area contributed by atoms with Crippen molar-refractivity contribution in [2.75, 3.05) is 48.7 Å². The number of thioether (sulfide) groups is 1. The van der Waals surface area contributed by atoms with Crippen molar-refractivity contribution in [3.05, 3.63) is 107 Å². The number of piperazine rings is 1. The molecule has 0 atom stereocenters. The number of sulfonamides is 1. The third-order valence-electron chi connectivity index (χ3n) is 7.39. The number of nitrogens with zero attached hydrogens (tertiary/aromatic N) is 3. The van der Waals surface area contributed by atoms with Crippen molar-refractivity contribution in [3.63, 3.8) is 0 Å². The van der Waals surface area contributed by atoms with Gasteiger partial charge in [0.2, 0.25) is 0 Å². The van der Waals surface area contributed by atoms with E-state index in [1.54, 1.807) is 4.72 Å². The van der Waals surface area contributed by atoms with Crippen LogP contribution in [0, 0.1) is 0 Å². The minimum atomic E-state index is -5.21. The molecule has 5 rings (SSSR count). The molecular formula is C32H28F6N6O4S2. The largest absolute Gasteiger partial charge is 0.436 e. The number of amides is 1. The van der Waals surface area contributed by atoms with Crippen LogP contribution in [-0.4, -0.2) is 68.8 Å². The Morgan fingerprint density at radius 1 is 0.860 bits per heavy atom. The van der Waals surface area contributed by atoms with Crippen LogP contribution in [0.25, 0.3) is 0 Å². The van der Waals surface area contributed by atoms with Gasteiger partial charge in [-0.3, -0.25) is 9.59 Å². The van der Waals surface area contributed by atoms with E-state index in [2.05, 4.69) is 20.8 Å². The van der Waals surface area contributed by atoms with Crippen LogP contribution < -0.4 is 20.3 Å². The van der Waals surface area contributed by atoms with Crippen LogP contribution >= 0.6 is 11.8 Å². The number of anilines is 2. The van der Waals surface area contributed by atoms with E-state index in [4.69, 9.17) is 0 Å². The van der Waals surface area contributed by atoms with Gasteiger partial charge in [-0.05, 0) is 30.3 Å². The third kappa shape index (κ3) is 8.54. The van der Waals surface area contributed by atoms with Gasteiger partial charge in [-0.15, -0.1) is 22.0 Å². The van der Waals surface area contributed by atoms with Crippen molar-refractivity contribution in [1.29, 1.82) is 0 Å². The number of carbonyl (C=O) groups excluding carboxylic acids is 2. The predicted octanol–water partition coefficient (Wildman–Crippen LogP) is 5.48. The molecule has 0 spiro atoms. The molecule has 10 nitrogen and oxygen atoms in total. The van der Waals surface area contributed by atoms with Crippen molar-refractivity contribution >= 4 is 44.9 Å². The lowest BCUT2D eigenvalue weighted by Crippen LogP contribution is -2.46. The summed E-state index contributed by atoms with van der Waals surface area (Å²) >= 11 is 1.39. The Morgan fingerprint density at radius 3 is 2.12 bits per heavy atom. The Hall–Kier alpha value is -4.68. The summed E-state index contributed by atoms with van der Waals surface area (Å²) in [4.78, 5) is 28.4. The first-order valence-electron chi connectivity index (χ1n) is 14.9. The second-order valence-electron chi connectivity index (χ2n) is 10.8. The second kappa shape index (κ2) is 15.1. The molecule has 0 bridgehead atoms. The average Bonchev–Trinajstić information content (AvgIpc) is 3.09. The van der Waals surface area contributed by atoms with E-state index in [0.29, 0.717) is 11.8 Å². The van der Waals surface area contributed by atoms with E-state index in [9.17, 15) is 44.3 Å². The van der Waals surface area contributed by atoms with Crippen LogP contribution in [0.4, 0.5) is 37.7 Å². The first-order valence-corrected chi connectivity index (χ1v) is 17.4. The van der Waals surface area contributed by atoms with Gasteiger partial charge >= 0.3 is 12.4 Å². The predicted molar refractivity (Wildman–Crippen MR) is 174 cm³/mol. The lowest BCUT2D eigenvalue weighted by Gasteiger charge is -2.32. The second-order valence-corrected chi connectivity index (χ2v) is 13.6. The number of halogens is 6. The Labute approximate surface area is 286 Å². The fourth-order valence-electron chi connectivity index (χ4n) is 5.10. The van der Waals surface area contributed by atoms with Gasteiger partial charge in [0, 0.05) is 54.6 Å². The van der Waals surface area contributed by atoms with Crippen LogP contribution in [0.1, 0.15) is 37.7 Å². The zero-order chi connectivity index (χ0) is 36.1. The molecule has 264 valence electrons. The molecule has 2 heterocycles. The summed E-state index contributed by atoms with van der Waals surface area (Å²) in [5.74, 6) is -2.37. The minimum Gasteiger partial charge on any atom is -0.384 e. The molecule has 1 aliphatic heterocycles. The summed E-state index contributed by atoms with van der Waals surface area (Å²) in [5.41, 5.74) is -6.18. The molecule has 18 heteroatoms. The maximum absolute atomic E-state index is 14.3. The fraction of sp³-hybridized carbons (Fsp3) is 0.250. The number of alkyl halides is 6. The van der Waals surface area contributed by atoms with Gasteiger partial charge in [0.25, 0.3) is 15.9 Å². The van der Waals surface area contributed by atoms with Crippen LogP contribution in [-0.2, 0) is 22.4 Å². The average molecular weight is 739 g/mol. The van der Waals surface area contributed by atoms with Crippen molar-refractivity contribution < 1.29 is 44.3 Å². The molecule has 50 heavy (non-hydrogen) atoms. The Bertz CT molecular complexity index is 1960. The highest BCUT2D eigenvalue weighted by Gasteiger charge is 2.43. The van der Waals surface area contributed by atoms with Crippen LogP contribution in [0.5, 0.6) is 0 Å². The molecule has 1 saturated heterocycles. The Kier molecular flexibility index (Phi) is 11.0. The Balaban J connectivity index is 1.49. The number of rotatable bonds is 11. The van der Waals surface area contributed by atoms with Crippen LogP contribution in [0.2, 0.25) is 0 Å². The normalized spacial score (nSPS) is 13.9. The standard InChI is InChI=1S/C32H28F6N6O4S2/c33-31(34,35)23-19-22(11-12-24(23)40-15-18-49-21-9-5-2-6-10-21)50(47,48)43-30(46)26-27(44-16-13-39-14-17-44)25(29(42-41-26)32(36,37)38)28(45)20-7-3-1-4-8-20/h1-12,19,39-40H,13-18H2,(H,43,46). The minimum absolute atomic E-state index is 0.00164. The Morgan fingerprint density at radius 2 is 1.50 bits per heavy atom. The SMILES string of the molecule is O=C(NS(=O)(=O)c1ccc(NCCSc2ccccc2)c(C(F)(F)F)c1)c1nnc(C(F)(F)F)c(C(=O)c2ccccc2)c1N1CCNCC1. The molecule has 1 aliphatic rings. The van der Waals surface area contributed by atoms with Gasteiger partial charge in [-0.2, -0.15) is 26.3 Å². The lowest BCUT2D eigenvalue weighted by molar-refractivity contribution is -0.142. The van der Waals surface area contributed by atoms with Gasteiger partial charge in [0.15, 0.2) is 17.2 Å². The highest BCUT2D eigenvalue weighted by molar-refractivity contribution is 7.99. The summed E-state index contributed by atoms with van der Waals surface area (Å²) in [6, 6.07) is 18.1. The number of ketones is 1. The number of nitrogens with one attached hydrogen (secondary N) is 3. The van der Waals surface area contributed by atoms with Gasteiger partial charge in [-0.1, -0.05) is 48.5 Å². The highest BCUT2D eigenvalue weighted by atomic mass is 32.2. The summed E-state index contributed by atoms with van der Waals surface area (Å²) < 4.78 is 113. The smallest absolute Gasteiger partial charge is 0.384 e. The van der Waals surface area contributed by atoms with Crippen molar-refractivity contribution in [2.24, 2.45) is 0 Å². The van der Waals surface area contributed by atoms with Gasteiger partial charge in [-0.25, -0.2) is 13.1 Å².